The highest BCUT2D eigenvalue weighted by atomic mass is 16.1. The maximum absolute atomic E-state index is 12.7. The molecule has 0 aromatic carbocycles. The maximum Gasteiger partial charge on any atom is 0.194 e. The minimum atomic E-state index is 0.0787. The second-order valence-electron chi connectivity index (χ2n) is 5.94. The number of carbonyl (C=O) groups excluding carboxylic acids is 1. The average Bonchev–Trinajstić information content (AvgIpc) is 2.91. The van der Waals surface area contributed by atoms with E-state index in [0.29, 0.717) is 11.5 Å². The van der Waals surface area contributed by atoms with E-state index in [2.05, 4.69) is 4.99 Å². The lowest BCUT2D eigenvalue weighted by Crippen LogP contribution is -2.29. The zero-order chi connectivity index (χ0) is 14.7. The highest BCUT2D eigenvalue weighted by Crippen LogP contribution is 2.33. The molecule has 4 nitrogen and oxygen atoms in total. The first kappa shape index (κ1) is 14.8. The Kier molecular flexibility index (Phi) is 4.63. The van der Waals surface area contributed by atoms with Crippen LogP contribution in [0.3, 0.4) is 0 Å². The van der Waals surface area contributed by atoms with Gasteiger partial charge >= 0.3 is 0 Å². The molecule has 0 aromatic rings. The Balaban J connectivity index is 2.34. The van der Waals surface area contributed by atoms with Crippen LogP contribution in [0.5, 0.6) is 0 Å². The van der Waals surface area contributed by atoms with E-state index in [1.807, 2.05) is 25.2 Å². The summed E-state index contributed by atoms with van der Waals surface area (Å²) in [5.74, 6) is 0.492. The summed E-state index contributed by atoms with van der Waals surface area (Å²) in [6.45, 7) is 0. The third-order valence-corrected chi connectivity index (χ3v) is 4.16. The number of hydrogen-bond donors (Lipinski definition) is 1. The number of aliphatic imine (C=N–C) groups is 1. The van der Waals surface area contributed by atoms with Crippen LogP contribution < -0.4 is 5.73 Å². The monoisotopic (exact) mass is 275 g/mol. The lowest BCUT2D eigenvalue weighted by atomic mass is 9.83. The quantitative estimate of drug-likeness (QED) is 0.635. The molecule has 2 N–H and O–H groups in total. The number of allylic oxidation sites excluding steroid dienone is 3. The van der Waals surface area contributed by atoms with Gasteiger partial charge in [-0.05, 0) is 25.7 Å². The van der Waals surface area contributed by atoms with Crippen LogP contribution in [0.4, 0.5) is 0 Å². The molecule has 0 aliphatic heterocycles. The van der Waals surface area contributed by atoms with E-state index in [0.717, 1.165) is 42.7 Å². The lowest BCUT2D eigenvalue weighted by molar-refractivity contribution is -0.112. The molecule has 2 aliphatic carbocycles. The molecule has 0 saturated heterocycles. The van der Waals surface area contributed by atoms with E-state index < -0.39 is 0 Å². The standard InChI is InChI=1S/C16H25N3O/c1-18-15(11-6-4-5-7-11)14-13(17)9-8-12(16(14)20)10-19(2)3/h10-11H,4-9,17H2,1-3H3/b12-10+,18-15?. The van der Waals surface area contributed by atoms with Gasteiger partial charge in [-0.3, -0.25) is 9.79 Å². The third-order valence-electron chi connectivity index (χ3n) is 4.16. The number of nitrogens with two attached hydrogens (primary N) is 1. The molecule has 0 aromatic heterocycles. The van der Waals surface area contributed by atoms with Crippen LogP contribution in [0.25, 0.3) is 0 Å². The zero-order valence-corrected chi connectivity index (χ0v) is 12.8. The third kappa shape index (κ3) is 2.94. The topological polar surface area (TPSA) is 58.7 Å². The highest BCUT2D eigenvalue weighted by Gasteiger charge is 2.32. The second-order valence-corrected chi connectivity index (χ2v) is 5.94. The zero-order valence-electron chi connectivity index (χ0n) is 12.8. The van der Waals surface area contributed by atoms with Crippen molar-refractivity contribution in [3.05, 3.63) is 23.0 Å². The summed E-state index contributed by atoms with van der Waals surface area (Å²) in [4.78, 5) is 19.1. The SMILES string of the molecule is CN=C(C1=C(N)CC/C(=C\N(C)C)C1=O)C1CCCC1. The van der Waals surface area contributed by atoms with Crippen molar-refractivity contribution in [2.75, 3.05) is 21.1 Å². The Morgan fingerprint density at radius 2 is 1.95 bits per heavy atom. The van der Waals surface area contributed by atoms with Crippen molar-refractivity contribution in [2.45, 2.75) is 38.5 Å². The summed E-state index contributed by atoms with van der Waals surface area (Å²) in [5.41, 5.74) is 9.34. The molecule has 4 heteroatoms. The van der Waals surface area contributed by atoms with Crippen molar-refractivity contribution in [3.8, 4) is 0 Å². The molecule has 0 heterocycles. The molecule has 1 saturated carbocycles. The van der Waals surface area contributed by atoms with E-state index in [-0.39, 0.29) is 5.78 Å². The Morgan fingerprint density at radius 1 is 1.30 bits per heavy atom. The van der Waals surface area contributed by atoms with Crippen molar-refractivity contribution in [2.24, 2.45) is 16.6 Å². The first-order chi connectivity index (χ1) is 9.54. The van der Waals surface area contributed by atoms with E-state index in [1.54, 1.807) is 7.05 Å². The fourth-order valence-electron chi connectivity index (χ4n) is 3.23. The molecule has 0 unspecified atom stereocenters. The van der Waals surface area contributed by atoms with Gasteiger partial charge in [-0.25, -0.2) is 0 Å². The fraction of sp³-hybridized carbons (Fsp3) is 0.625. The summed E-state index contributed by atoms with van der Waals surface area (Å²) in [6, 6.07) is 0. The molecule has 2 rings (SSSR count). The molecule has 1 fully saturated rings. The van der Waals surface area contributed by atoms with Crippen molar-refractivity contribution in [1.82, 2.24) is 4.90 Å². The minimum absolute atomic E-state index is 0.0787. The maximum atomic E-state index is 12.7. The van der Waals surface area contributed by atoms with Crippen LogP contribution in [0.2, 0.25) is 0 Å². The van der Waals surface area contributed by atoms with Crippen LogP contribution in [-0.2, 0) is 4.79 Å². The molecule has 20 heavy (non-hydrogen) atoms. The van der Waals surface area contributed by atoms with E-state index in [1.165, 1.54) is 12.8 Å². The van der Waals surface area contributed by atoms with Gasteiger partial charge in [-0.15, -0.1) is 0 Å². The van der Waals surface area contributed by atoms with Crippen LogP contribution in [0, 0.1) is 5.92 Å². The summed E-state index contributed by atoms with van der Waals surface area (Å²) >= 11 is 0. The number of hydrogen-bond acceptors (Lipinski definition) is 4. The van der Waals surface area contributed by atoms with E-state index in [9.17, 15) is 4.79 Å². The number of rotatable bonds is 3. The highest BCUT2D eigenvalue weighted by molar-refractivity contribution is 6.29. The lowest BCUT2D eigenvalue weighted by Gasteiger charge is -2.24. The molecular formula is C16H25N3O. The normalized spacial score (nSPS) is 23.9. The van der Waals surface area contributed by atoms with Gasteiger partial charge in [0.25, 0.3) is 0 Å². The first-order valence-electron chi connectivity index (χ1n) is 7.42. The van der Waals surface area contributed by atoms with Crippen molar-refractivity contribution in [1.29, 1.82) is 0 Å². The number of nitrogens with zero attached hydrogens (tertiary/aromatic N) is 2. The van der Waals surface area contributed by atoms with Crippen LogP contribution in [0.1, 0.15) is 38.5 Å². The Bertz CT molecular complexity index is 480. The van der Waals surface area contributed by atoms with E-state index >= 15 is 0 Å². The summed E-state index contributed by atoms with van der Waals surface area (Å²) in [6.07, 6.45) is 8.11. The molecule has 0 amide bonds. The molecule has 0 bridgehead atoms. The largest absolute Gasteiger partial charge is 0.401 e. The summed E-state index contributed by atoms with van der Waals surface area (Å²) in [7, 11) is 5.66. The molecule has 0 atom stereocenters. The number of Topliss-reactive ketones (excluding diaryl/α,β-unsaturated/α-hetero) is 1. The van der Waals surface area contributed by atoms with Crippen LogP contribution in [0.15, 0.2) is 28.0 Å². The van der Waals surface area contributed by atoms with Gasteiger partial charge in [-0.1, -0.05) is 12.8 Å². The average molecular weight is 275 g/mol. The predicted molar refractivity (Wildman–Crippen MR) is 82.5 cm³/mol. The van der Waals surface area contributed by atoms with E-state index in [4.69, 9.17) is 5.73 Å². The fourth-order valence-corrected chi connectivity index (χ4v) is 3.23. The predicted octanol–water partition coefficient (Wildman–Crippen LogP) is 2.27. The van der Waals surface area contributed by atoms with Crippen LogP contribution >= 0.6 is 0 Å². The van der Waals surface area contributed by atoms with Crippen molar-refractivity contribution in [3.63, 3.8) is 0 Å². The summed E-state index contributed by atoms with van der Waals surface area (Å²) < 4.78 is 0. The second kappa shape index (κ2) is 6.25. The number of ketones is 1. The van der Waals surface area contributed by atoms with Gasteiger partial charge in [-0.2, -0.15) is 0 Å². The van der Waals surface area contributed by atoms with Crippen LogP contribution in [-0.4, -0.2) is 37.5 Å². The number of carbonyl (C=O) groups is 1. The molecular weight excluding hydrogens is 250 g/mol. The summed E-state index contributed by atoms with van der Waals surface area (Å²) in [5, 5.41) is 0. The van der Waals surface area contributed by atoms with Gasteiger partial charge in [0.2, 0.25) is 0 Å². The Hall–Kier alpha value is -1.58. The Morgan fingerprint density at radius 3 is 2.50 bits per heavy atom. The first-order valence-corrected chi connectivity index (χ1v) is 7.42. The molecule has 0 radical (unpaired) electrons. The van der Waals surface area contributed by atoms with Gasteiger partial charge in [0.1, 0.15) is 0 Å². The van der Waals surface area contributed by atoms with Crippen molar-refractivity contribution >= 4 is 11.5 Å². The van der Waals surface area contributed by atoms with Crippen molar-refractivity contribution < 1.29 is 4.79 Å². The Labute approximate surface area is 121 Å². The molecule has 110 valence electrons. The smallest absolute Gasteiger partial charge is 0.194 e. The molecule has 2 aliphatic rings. The molecule has 0 spiro atoms. The van der Waals surface area contributed by atoms with Gasteiger partial charge in [0.15, 0.2) is 5.78 Å². The van der Waals surface area contributed by atoms with Gasteiger partial charge in [0.05, 0.1) is 11.3 Å². The minimum Gasteiger partial charge on any atom is -0.401 e. The van der Waals surface area contributed by atoms with Gasteiger partial charge < -0.3 is 10.6 Å². The van der Waals surface area contributed by atoms with Gasteiger partial charge in [0, 0.05) is 44.5 Å².